The summed E-state index contributed by atoms with van der Waals surface area (Å²) in [6.45, 7) is 6.21. The van der Waals surface area contributed by atoms with Gasteiger partial charge < -0.3 is 15.2 Å². The number of benzene rings is 1. The number of ether oxygens (including phenoxy) is 1. The van der Waals surface area contributed by atoms with E-state index in [-0.39, 0.29) is 18.6 Å². The third kappa shape index (κ3) is 6.23. The minimum Gasteiger partial charge on any atom is -0.479 e. The molecule has 0 saturated heterocycles. The first kappa shape index (κ1) is 15.5. The van der Waals surface area contributed by atoms with Gasteiger partial charge in [0.25, 0.3) is 0 Å². The van der Waals surface area contributed by atoms with Crippen LogP contribution in [0.3, 0.4) is 0 Å². The van der Waals surface area contributed by atoms with Crippen LogP contribution in [-0.2, 0) is 6.54 Å². The van der Waals surface area contributed by atoms with Crippen molar-refractivity contribution in [3.8, 4) is 11.8 Å². The molecule has 0 radical (unpaired) electrons. The SMILES string of the molecule is CC(C)(CCO)CNCc1ccc(OCC#N)cc1. The van der Waals surface area contributed by atoms with E-state index >= 15 is 0 Å². The van der Waals surface area contributed by atoms with Crippen molar-refractivity contribution in [1.82, 2.24) is 5.32 Å². The summed E-state index contributed by atoms with van der Waals surface area (Å²) in [7, 11) is 0. The lowest BCUT2D eigenvalue weighted by molar-refractivity contribution is 0.207. The normalized spacial score (nSPS) is 11.1. The molecule has 0 aliphatic heterocycles. The van der Waals surface area contributed by atoms with Crippen LogP contribution in [0.5, 0.6) is 5.75 Å². The Bertz CT molecular complexity index is 407. The van der Waals surface area contributed by atoms with Gasteiger partial charge in [-0.3, -0.25) is 0 Å². The average Bonchev–Trinajstić information content (AvgIpc) is 2.37. The first-order valence-corrected chi connectivity index (χ1v) is 6.48. The highest BCUT2D eigenvalue weighted by Gasteiger charge is 2.16. The number of nitrogens with zero attached hydrogens (tertiary/aromatic N) is 1. The molecule has 0 aromatic heterocycles. The third-order valence-corrected chi connectivity index (χ3v) is 2.95. The van der Waals surface area contributed by atoms with Gasteiger partial charge in [0.05, 0.1) is 0 Å². The molecule has 1 aromatic rings. The van der Waals surface area contributed by atoms with Gasteiger partial charge in [0.1, 0.15) is 11.8 Å². The Kier molecular flexibility index (Phi) is 6.34. The topological polar surface area (TPSA) is 65.3 Å². The first-order valence-electron chi connectivity index (χ1n) is 6.48. The summed E-state index contributed by atoms with van der Waals surface area (Å²) in [6, 6.07) is 9.64. The fourth-order valence-corrected chi connectivity index (χ4v) is 1.76. The number of aliphatic hydroxyl groups excluding tert-OH is 1. The molecule has 0 aliphatic rings. The quantitative estimate of drug-likeness (QED) is 0.753. The number of hydrogen-bond acceptors (Lipinski definition) is 4. The Hall–Kier alpha value is -1.57. The molecule has 1 aromatic carbocycles. The largest absolute Gasteiger partial charge is 0.479 e. The Morgan fingerprint density at radius 3 is 2.58 bits per heavy atom. The van der Waals surface area contributed by atoms with Crippen molar-refractivity contribution in [2.24, 2.45) is 5.41 Å². The van der Waals surface area contributed by atoms with Crippen LogP contribution in [0, 0.1) is 16.7 Å². The van der Waals surface area contributed by atoms with Crippen LogP contribution >= 0.6 is 0 Å². The Morgan fingerprint density at radius 1 is 1.32 bits per heavy atom. The molecule has 0 amide bonds. The fourth-order valence-electron chi connectivity index (χ4n) is 1.76. The second-order valence-electron chi connectivity index (χ2n) is 5.33. The van der Waals surface area contributed by atoms with E-state index < -0.39 is 0 Å². The second kappa shape index (κ2) is 7.78. The predicted octanol–water partition coefficient (Wildman–Crippen LogP) is 2.09. The zero-order valence-corrected chi connectivity index (χ0v) is 11.6. The number of rotatable bonds is 8. The first-order chi connectivity index (χ1) is 9.07. The van der Waals surface area contributed by atoms with E-state index in [1.54, 1.807) is 0 Å². The smallest absolute Gasteiger partial charge is 0.174 e. The van der Waals surface area contributed by atoms with E-state index in [0.29, 0.717) is 5.75 Å². The molecule has 0 spiro atoms. The molecule has 0 heterocycles. The minimum absolute atomic E-state index is 0.0763. The number of nitrogens with one attached hydrogen (secondary N) is 1. The third-order valence-electron chi connectivity index (χ3n) is 2.95. The molecule has 4 heteroatoms. The monoisotopic (exact) mass is 262 g/mol. The molecule has 1 rings (SSSR count). The van der Waals surface area contributed by atoms with Gasteiger partial charge >= 0.3 is 0 Å². The van der Waals surface area contributed by atoms with Crippen LogP contribution in [-0.4, -0.2) is 24.9 Å². The molecule has 2 N–H and O–H groups in total. The van der Waals surface area contributed by atoms with E-state index in [1.807, 2.05) is 30.3 Å². The summed E-state index contributed by atoms with van der Waals surface area (Å²) in [5, 5.41) is 20.8. The lowest BCUT2D eigenvalue weighted by Crippen LogP contribution is -2.29. The fraction of sp³-hybridized carbons (Fsp3) is 0.533. The highest BCUT2D eigenvalue weighted by molar-refractivity contribution is 5.27. The van der Waals surface area contributed by atoms with Crippen molar-refractivity contribution < 1.29 is 9.84 Å². The van der Waals surface area contributed by atoms with Crippen LogP contribution in [0.1, 0.15) is 25.8 Å². The molecular formula is C15H22N2O2. The van der Waals surface area contributed by atoms with Crippen molar-refractivity contribution in [3.63, 3.8) is 0 Å². The molecule has 0 unspecified atom stereocenters. The van der Waals surface area contributed by atoms with E-state index in [1.165, 1.54) is 5.56 Å². The Balaban J connectivity index is 2.36. The van der Waals surface area contributed by atoms with Gasteiger partial charge in [0, 0.05) is 19.7 Å². The van der Waals surface area contributed by atoms with Gasteiger partial charge in [0.2, 0.25) is 0 Å². The van der Waals surface area contributed by atoms with Crippen LogP contribution in [0.2, 0.25) is 0 Å². The van der Waals surface area contributed by atoms with Gasteiger partial charge in [-0.05, 0) is 29.5 Å². The Labute approximate surface area is 115 Å². The van der Waals surface area contributed by atoms with Crippen molar-refractivity contribution >= 4 is 0 Å². The van der Waals surface area contributed by atoms with E-state index in [9.17, 15) is 0 Å². The van der Waals surface area contributed by atoms with Crippen molar-refractivity contribution in [1.29, 1.82) is 5.26 Å². The van der Waals surface area contributed by atoms with Crippen LogP contribution < -0.4 is 10.1 Å². The molecule has 4 nitrogen and oxygen atoms in total. The highest BCUT2D eigenvalue weighted by atomic mass is 16.5. The summed E-state index contributed by atoms with van der Waals surface area (Å²) in [4.78, 5) is 0. The van der Waals surface area contributed by atoms with Crippen molar-refractivity contribution in [2.75, 3.05) is 19.8 Å². The molecule has 104 valence electrons. The van der Waals surface area contributed by atoms with E-state index in [0.717, 1.165) is 19.5 Å². The minimum atomic E-state index is 0.0763. The van der Waals surface area contributed by atoms with Gasteiger partial charge in [-0.1, -0.05) is 26.0 Å². The Morgan fingerprint density at radius 2 is 2.00 bits per heavy atom. The predicted molar refractivity (Wildman–Crippen MR) is 74.7 cm³/mol. The van der Waals surface area contributed by atoms with Crippen LogP contribution in [0.15, 0.2) is 24.3 Å². The molecule has 0 bridgehead atoms. The molecule has 0 saturated carbocycles. The van der Waals surface area contributed by atoms with Gasteiger partial charge in [-0.2, -0.15) is 5.26 Å². The number of nitriles is 1. The van der Waals surface area contributed by atoms with Gasteiger partial charge in [-0.25, -0.2) is 0 Å². The zero-order chi connectivity index (χ0) is 14.1. The lowest BCUT2D eigenvalue weighted by Gasteiger charge is -2.24. The summed E-state index contributed by atoms with van der Waals surface area (Å²) in [5.41, 5.74) is 1.27. The maximum atomic E-state index is 8.96. The number of aliphatic hydroxyl groups is 1. The van der Waals surface area contributed by atoms with Crippen LogP contribution in [0.4, 0.5) is 0 Å². The maximum Gasteiger partial charge on any atom is 0.174 e. The summed E-state index contributed by atoms with van der Waals surface area (Å²) in [5.74, 6) is 0.714. The number of hydrogen-bond donors (Lipinski definition) is 2. The molecule has 0 aliphatic carbocycles. The second-order valence-corrected chi connectivity index (χ2v) is 5.33. The summed E-state index contributed by atoms with van der Waals surface area (Å²) in [6.07, 6.45) is 0.793. The maximum absolute atomic E-state index is 8.96. The summed E-state index contributed by atoms with van der Waals surface area (Å²) >= 11 is 0. The molecule has 19 heavy (non-hydrogen) atoms. The van der Waals surface area contributed by atoms with E-state index in [2.05, 4.69) is 19.2 Å². The van der Waals surface area contributed by atoms with Gasteiger partial charge in [-0.15, -0.1) is 0 Å². The standard InChI is InChI=1S/C15H22N2O2/c1-15(2,7-9-18)12-17-11-13-3-5-14(6-4-13)19-10-8-16/h3-6,17-18H,7,9-12H2,1-2H3. The zero-order valence-electron chi connectivity index (χ0n) is 11.6. The van der Waals surface area contributed by atoms with Crippen LogP contribution in [0.25, 0.3) is 0 Å². The molecule has 0 fully saturated rings. The van der Waals surface area contributed by atoms with Crippen molar-refractivity contribution in [3.05, 3.63) is 29.8 Å². The summed E-state index contributed by atoms with van der Waals surface area (Å²) < 4.78 is 5.19. The average molecular weight is 262 g/mol. The molecule has 0 atom stereocenters. The lowest BCUT2D eigenvalue weighted by atomic mass is 9.90. The highest BCUT2D eigenvalue weighted by Crippen LogP contribution is 2.18. The molecular weight excluding hydrogens is 240 g/mol. The van der Waals surface area contributed by atoms with Crippen molar-refractivity contribution in [2.45, 2.75) is 26.8 Å². The van der Waals surface area contributed by atoms with Gasteiger partial charge in [0.15, 0.2) is 6.61 Å². The van der Waals surface area contributed by atoms with E-state index in [4.69, 9.17) is 15.1 Å².